The Balaban J connectivity index is 1.63. The number of ether oxygens (including phenoxy) is 1. The van der Waals surface area contributed by atoms with Gasteiger partial charge in [0, 0.05) is 53.1 Å². The van der Waals surface area contributed by atoms with Crippen LogP contribution in [0.3, 0.4) is 0 Å². The van der Waals surface area contributed by atoms with Gasteiger partial charge in [0.2, 0.25) is 0 Å². The molecule has 0 spiro atoms. The number of hydrogen-bond acceptors (Lipinski definition) is 5. The number of halogens is 1. The van der Waals surface area contributed by atoms with Gasteiger partial charge in [0.15, 0.2) is 0 Å². The van der Waals surface area contributed by atoms with Crippen LogP contribution in [-0.4, -0.2) is 49.3 Å². The summed E-state index contributed by atoms with van der Waals surface area (Å²) < 4.78 is 5.42. The minimum Gasteiger partial charge on any atom is -0.379 e. The molecule has 0 saturated carbocycles. The topological polar surface area (TPSA) is 69.7 Å². The summed E-state index contributed by atoms with van der Waals surface area (Å²) in [6, 6.07) is 13.7. The van der Waals surface area contributed by atoms with Gasteiger partial charge < -0.3 is 15.0 Å². The van der Waals surface area contributed by atoms with Crippen molar-refractivity contribution in [2.45, 2.75) is 0 Å². The second kappa shape index (κ2) is 7.63. The molecule has 2 aromatic rings. The molecule has 29 heavy (non-hydrogen) atoms. The summed E-state index contributed by atoms with van der Waals surface area (Å²) in [4.78, 5) is 17.6. The van der Waals surface area contributed by atoms with E-state index in [9.17, 15) is 4.91 Å². The van der Waals surface area contributed by atoms with E-state index >= 15 is 0 Å². The van der Waals surface area contributed by atoms with Gasteiger partial charge in [-0.15, -0.1) is 4.91 Å². The predicted molar refractivity (Wildman–Crippen MR) is 119 cm³/mol. The number of hydrogen-bond donors (Lipinski definition) is 2. The van der Waals surface area contributed by atoms with Crippen molar-refractivity contribution in [3.05, 3.63) is 52.4 Å². The molecule has 1 saturated heterocycles. The molecule has 2 aromatic carbocycles. The molecule has 5 rings (SSSR count). The summed E-state index contributed by atoms with van der Waals surface area (Å²) in [7, 11) is 0. The Morgan fingerprint density at radius 2 is 1.86 bits per heavy atom. The third-order valence-electron chi connectivity index (χ3n) is 5.62. The summed E-state index contributed by atoms with van der Waals surface area (Å²) in [6.07, 6.45) is 0. The quantitative estimate of drug-likeness (QED) is 0.444. The Kier molecular flexibility index (Phi) is 4.83. The van der Waals surface area contributed by atoms with Gasteiger partial charge >= 0.3 is 0 Å². The first-order valence-electron chi connectivity index (χ1n) is 9.79. The maximum absolute atomic E-state index is 11.8. The number of pyridine rings is 1. The number of aromatic nitrogens is 1. The third kappa shape index (κ3) is 3.23. The van der Waals surface area contributed by atoms with Crippen LogP contribution in [0.25, 0.3) is 32.8 Å². The Morgan fingerprint density at radius 3 is 2.66 bits per heavy atom. The molecule has 0 aromatic heterocycles. The number of anilines is 1. The number of rotatable bonds is 5. The molecule has 0 amide bonds. The van der Waals surface area contributed by atoms with Crippen LogP contribution < -0.4 is 5.32 Å². The summed E-state index contributed by atoms with van der Waals surface area (Å²) >= 11 is 6.25. The highest BCUT2D eigenvalue weighted by Crippen LogP contribution is 2.50. The van der Waals surface area contributed by atoms with Crippen molar-refractivity contribution < 1.29 is 4.74 Å². The van der Waals surface area contributed by atoms with Crippen molar-refractivity contribution in [2.75, 3.05) is 44.7 Å². The van der Waals surface area contributed by atoms with Crippen LogP contribution in [-0.2, 0) is 4.74 Å². The molecule has 148 valence electrons. The number of nitrogens with one attached hydrogen (secondary N) is 2. The molecule has 6 nitrogen and oxygen atoms in total. The highest BCUT2D eigenvalue weighted by Gasteiger charge is 2.25. The second-order valence-electron chi connectivity index (χ2n) is 7.31. The predicted octanol–water partition coefficient (Wildman–Crippen LogP) is 5.22. The standard InChI is InChI=1S/C22H21ClN4O2/c23-14-5-6-17-18(13-14)25-22(24-7-8-27-9-11-29-12-10-27)20-19(17)15-3-1-2-4-16(15)21(20)26-28/h1-6,13,24-25H,7-12H2. The summed E-state index contributed by atoms with van der Waals surface area (Å²) in [5.41, 5.74) is 3.25. The van der Waals surface area contributed by atoms with Crippen molar-refractivity contribution in [3.63, 3.8) is 0 Å². The van der Waals surface area contributed by atoms with Gasteiger partial charge in [-0.1, -0.05) is 41.9 Å². The lowest BCUT2D eigenvalue weighted by atomic mass is 10.0. The zero-order chi connectivity index (χ0) is 19.8. The van der Waals surface area contributed by atoms with Crippen LogP contribution in [0.5, 0.6) is 0 Å². The minimum absolute atomic E-state index is 0.470. The summed E-state index contributed by atoms with van der Waals surface area (Å²) in [5.74, 6) is 0.800. The summed E-state index contributed by atoms with van der Waals surface area (Å²) in [5, 5.41) is 10.5. The molecule has 0 unspecified atom stereocenters. The van der Waals surface area contributed by atoms with E-state index in [1.807, 2.05) is 42.5 Å². The van der Waals surface area contributed by atoms with Crippen LogP contribution >= 0.6 is 11.6 Å². The van der Waals surface area contributed by atoms with Crippen LogP contribution in [0, 0.1) is 4.91 Å². The minimum atomic E-state index is 0.470. The third-order valence-corrected chi connectivity index (χ3v) is 5.86. The molecule has 0 bridgehead atoms. The second-order valence-corrected chi connectivity index (χ2v) is 7.74. The van der Waals surface area contributed by atoms with Crippen molar-refractivity contribution in [2.24, 2.45) is 5.18 Å². The molecule has 3 aliphatic rings. The lowest BCUT2D eigenvalue weighted by Gasteiger charge is -2.27. The maximum Gasteiger partial charge on any atom is 0.127 e. The smallest absolute Gasteiger partial charge is 0.127 e. The van der Waals surface area contributed by atoms with Gasteiger partial charge in [-0.2, -0.15) is 0 Å². The Labute approximate surface area is 173 Å². The molecular formula is C22H21ClN4O2. The molecule has 0 radical (unpaired) electrons. The lowest BCUT2D eigenvalue weighted by Crippen LogP contribution is -2.39. The van der Waals surface area contributed by atoms with Gasteiger partial charge in [-0.05, 0) is 22.7 Å². The monoisotopic (exact) mass is 408 g/mol. The molecular weight excluding hydrogens is 388 g/mol. The molecule has 1 fully saturated rings. The zero-order valence-electron chi connectivity index (χ0n) is 15.9. The number of nitroso groups, excluding NO2 is 1. The summed E-state index contributed by atoms with van der Waals surface area (Å²) in [6.45, 7) is 5.08. The van der Waals surface area contributed by atoms with Gasteiger partial charge in [-0.25, -0.2) is 0 Å². The molecule has 2 aliphatic heterocycles. The largest absolute Gasteiger partial charge is 0.379 e. The molecule has 1 aliphatic carbocycles. The van der Waals surface area contributed by atoms with Crippen LogP contribution in [0.2, 0.25) is 5.02 Å². The first kappa shape index (κ1) is 18.4. The molecule has 2 N–H and O–H groups in total. The van der Waals surface area contributed by atoms with E-state index in [0.29, 0.717) is 10.7 Å². The normalized spacial score (nSPS) is 15.3. The van der Waals surface area contributed by atoms with Gasteiger partial charge in [0.1, 0.15) is 11.5 Å². The average Bonchev–Trinajstić information content (AvgIpc) is 3.09. The van der Waals surface area contributed by atoms with E-state index in [1.54, 1.807) is 0 Å². The first-order chi connectivity index (χ1) is 14.3. The van der Waals surface area contributed by atoms with Crippen LogP contribution in [0.4, 0.5) is 11.5 Å². The number of H-pyrrole nitrogens is 1. The van der Waals surface area contributed by atoms with Crippen molar-refractivity contribution >= 4 is 44.8 Å². The number of aromatic amines is 1. The van der Waals surface area contributed by atoms with Crippen molar-refractivity contribution in [1.82, 2.24) is 9.88 Å². The lowest BCUT2D eigenvalue weighted by molar-refractivity contribution is 0.0398. The number of nitrogens with zero attached hydrogens (tertiary/aromatic N) is 2. The van der Waals surface area contributed by atoms with Crippen LogP contribution in [0.15, 0.2) is 47.6 Å². The Morgan fingerprint density at radius 1 is 1.07 bits per heavy atom. The zero-order valence-corrected chi connectivity index (χ0v) is 16.6. The number of fused-ring (bicyclic) bond motifs is 5. The SMILES string of the molecule is O=Nc1c2c(NCCN3CCOCC3)[nH]c3cc(Cl)ccc3c-2c2ccccc12. The first-order valence-corrected chi connectivity index (χ1v) is 10.2. The van der Waals surface area contributed by atoms with Gasteiger partial charge in [0.05, 0.1) is 18.8 Å². The number of benzene rings is 2. The molecule has 0 atom stereocenters. The van der Waals surface area contributed by atoms with Gasteiger partial charge in [0.25, 0.3) is 0 Å². The molecule has 7 heteroatoms. The van der Waals surface area contributed by atoms with E-state index in [2.05, 4.69) is 20.4 Å². The highest BCUT2D eigenvalue weighted by molar-refractivity contribution is 6.31. The van der Waals surface area contributed by atoms with E-state index < -0.39 is 0 Å². The maximum atomic E-state index is 11.8. The van der Waals surface area contributed by atoms with Gasteiger partial charge in [-0.3, -0.25) is 4.90 Å². The highest BCUT2D eigenvalue weighted by atomic mass is 35.5. The Bertz CT molecular complexity index is 1170. The Hall–Kier alpha value is -2.67. The van der Waals surface area contributed by atoms with E-state index in [-0.39, 0.29) is 0 Å². The fraction of sp³-hybridized carbons (Fsp3) is 0.273. The average molecular weight is 409 g/mol. The fourth-order valence-corrected chi connectivity index (χ4v) is 4.42. The van der Waals surface area contributed by atoms with E-state index in [1.165, 1.54) is 0 Å². The molecule has 2 heterocycles. The van der Waals surface area contributed by atoms with Crippen molar-refractivity contribution in [1.29, 1.82) is 0 Å². The van der Waals surface area contributed by atoms with E-state index in [4.69, 9.17) is 16.3 Å². The van der Waals surface area contributed by atoms with Crippen LogP contribution in [0.1, 0.15) is 0 Å². The van der Waals surface area contributed by atoms with Crippen molar-refractivity contribution in [3.8, 4) is 11.1 Å². The van der Waals surface area contributed by atoms with E-state index in [0.717, 1.165) is 78.0 Å². The fourth-order valence-electron chi connectivity index (χ4n) is 4.24. The number of morpholine rings is 1.